The molecule has 2 rings (SSSR count). The van der Waals surface area contributed by atoms with Gasteiger partial charge in [0, 0.05) is 13.1 Å². The summed E-state index contributed by atoms with van der Waals surface area (Å²) in [5, 5.41) is -0.0395. The van der Waals surface area contributed by atoms with Crippen LogP contribution in [0, 0.1) is 5.92 Å². The van der Waals surface area contributed by atoms with Crippen LogP contribution < -0.4 is 0 Å². The molecule has 6 heteroatoms. The number of sulfone groups is 1. The molecule has 0 saturated carbocycles. The van der Waals surface area contributed by atoms with Crippen molar-refractivity contribution < 1.29 is 13.2 Å². The molecule has 1 aromatic rings. The van der Waals surface area contributed by atoms with Crippen molar-refractivity contribution in [2.45, 2.75) is 19.1 Å². The number of rotatable bonds is 4. The average molecular weight is 316 g/mol. The van der Waals surface area contributed by atoms with Gasteiger partial charge in [-0.05, 0) is 18.1 Å². The second-order valence-corrected chi connectivity index (χ2v) is 8.27. The molecule has 0 spiro atoms. The maximum absolute atomic E-state index is 12.2. The summed E-state index contributed by atoms with van der Waals surface area (Å²) >= 11 is 5.97. The largest absolute Gasteiger partial charge is 0.336 e. The van der Waals surface area contributed by atoms with E-state index in [4.69, 9.17) is 11.6 Å². The van der Waals surface area contributed by atoms with E-state index in [2.05, 4.69) is 0 Å². The topological polar surface area (TPSA) is 54.5 Å². The van der Waals surface area contributed by atoms with Crippen LogP contribution in [0.1, 0.15) is 24.2 Å². The molecule has 1 aliphatic heterocycles. The number of carbonyl (C=O) groups is 1. The number of halogens is 1. The third-order valence-corrected chi connectivity index (χ3v) is 6.09. The standard InChI is InChI=1S/C14H18ClNO3S/c1-10(2)9-20(18,19)11-7-16(8-11)14(17)12-5-3-4-6-13(12)15/h3-6,10-11H,7-9H2,1-2H3. The van der Waals surface area contributed by atoms with Crippen molar-refractivity contribution in [2.24, 2.45) is 5.92 Å². The molecule has 0 N–H and O–H groups in total. The first-order valence-corrected chi connectivity index (χ1v) is 8.66. The fourth-order valence-electron chi connectivity index (χ4n) is 2.24. The van der Waals surface area contributed by atoms with E-state index in [0.29, 0.717) is 10.6 Å². The maximum Gasteiger partial charge on any atom is 0.255 e. The molecule has 0 aliphatic carbocycles. The minimum absolute atomic E-state index is 0.105. The molecule has 20 heavy (non-hydrogen) atoms. The first-order valence-electron chi connectivity index (χ1n) is 6.56. The van der Waals surface area contributed by atoms with Crippen LogP contribution in [0.5, 0.6) is 0 Å². The maximum atomic E-state index is 12.2. The number of hydrogen-bond donors (Lipinski definition) is 0. The molecular weight excluding hydrogens is 298 g/mol. The third-order valence-electron chi connectivity index (χ3n) is 3.31. The molecule has 0 bridgehead atoms. The van der Waals surface area contributed by atoms with Gasteiger partial charge in [0.05, 0.1) is 21.6 Å². The Balaban J connectivity index is 2.01. The Morgan fingerprint density at radius 2 is 1.95 bits per heavy atom. The zero-order valence-corrected chi connectivity index (χ0v) is 13.1. The SMILES string of the molecule is CC(C)CS(=O)(=O)C1CN(C(=O)c2ccccc2Cl)C1. The number of benzene rings is 1. The second kappa shape index (κ2) is 5.74. The number of hydrogen-bond acceptors (Lipinski definition) is 3. The van der Waals surface area contributed by atoms with Crippen molar-refractivity contribution in [3.8, 4) is 0 Å². The van der Waals surface area contributed by atoms with Crippen molar-refractivity contribution in [1.29, 1.82) is 0 Å². The van der Waals surface area contributed by atoms with E-state index in [-0.39, 0.29) is 30.7 Å². The molecule has 1 aliphatic rings. The lowest BCUT2D eigenvalue weighted by atomic mass is 10.1. The second-order valence-electron chi connectivity index (χ2n) is 5.54. The van der Waals surface area contributed by atoms with Gasteiger partial charge in [-0.2, -0.15) is 0 Å². The van der Waals surface area contributed by atoms with Gasteiger partial charge in [0.2, 0.25) is 0 Å². The Morgan fingerprint density at radius 1 is 1.35 bits per heavy atom. The molecule has 4 nitrogen and oxygen atoms in total. The van der Waals surface area contributed by atoms with Crippen LogP contribution in [-0.2, 0) is 9.84 Å². The Bertz CT molecular complexity index is 607. The number of likely N-dealkylation sites (tertiary alicyclic amines) is 1. The van der Waals surface area contributed by atoms with Gasteiger partial charge in [0.25, 0.3) is 5.91 Å². The smallest absolute Gasteiger partial charge is 0.255 e. The summed E-state index contributed by atoms with van der Waals surface area (Å²) in [6.07, 6.45) is 0. The lowest BCUT2D eigenvalue weighted by molar-refractivity contribution is 0.0659. The van der Waals surface area contributed by atoms with Gasteiger partial charge >= 0.3 is 0 Å². The van der Waals surface area contributed by atoms with Gasteiger partial charge in [-0.25, -0.2) is 8.42 Å². The summed E-state index contributed by atoms with van der Waals surface area (Å²) in [4.78, 5) is 13.7. The van der Waals surface area contributed by atoms with Crippen LogP contribution >= 0.6 is 11.6 Å². The average Bonchev–Trinajstić information content (AvgIpc) is 2.24. The first kappa shape index (κ1) is 15.3. The van der Waals surface area contributed by atoms with Crippen LogP contribution in [0.15, 0.2) is 24.3 Å². The Hall–Kier alpha value is -1.07. The van der Waals surface area contributed by atoms with E-state index in [1.165, 1.54) is 4.90 Å². The molecular formula is C14H18ClNO3S. The quantitative estimate of drug-likeness (QED) is 0.856. The fraction of sp³-hybridized carbons (Fsp3) is 0.500. The van der Waals surface area contributed by atoms with Crippen LogP contribution in [0.2, 0.25) is 5.02 Å². The van der Waals surface area contributed by atoms with Crippen LogP contribution in [0.3, 0.4) is 0 Å². The van der Waals surface area contributed by atoms with E-state index < -0.39 is 15.1 Å². The molecule has 0 unspecified atom stereocenters. The fourth-order valence-corrected chi connectivity index (χ4v) is 4.47. The number of nitrogens with zero attached hydrogens (tertiary/aromatic N) is 1. The molecule has 0 atom stereocenters. The molecule has 1 fully saturated rings. The number of amides is 1. The van der Waals surface area contributed by atoms with Crippen LogP contribution in [-0.4, -0.2) is 43.3 Å². The summed E-state index contributed by atoms with van der Waals surface area (Å²) in [6.45, 7) is 4.28. The van der Waals surface area contributed by atoms with Gasteiger partial charge in [0.1, 0.15) is 0 Å². The predicted molar refractivity (Wildman–Crippen MR) is 79.8 cm³/mol. The highest BCUT2D eigenvalue weighted by molar-refractivity contribution is 7.92. The highest BCUT2D eigenvalue weighted by atomic mass is 35.5. The molecule has 0 radical (unpaired) electrons. The summed E-state index contributed by atoms with van der Waals surface area (Å²) < 4.78 is 24.1. The third kappa shape index (κ3) is 3.15. The van der Waals surface area contributed by atoms with Crippen molar-refractivity contribution in [3.63, 3.8) is 0 Å². The van der Waals surface area contributed by atoms with E-state index in [9.17, 15) is 13.2 Å². The summed E-state index contributed by atoms with van der Waals surface area (Å²) in [7, 11) is -3.11. The minimum Gasteiger partial charge on any atom is -0.336 e. The summed E-state index contributed by atoms with van der Waals surface area (Å²) in [5.74, 6) is 0.0751. The van der Waals surface area contributed by atoms with E-state index in [0.717, 1.165) is 0 Å². The van der Waals surface area contributed by atoms with Crippen molar-refractivity contribution in [2.75, 3.05) is 18.8 Å². The lowest BCUT2D eigenvalue weighted by Gasteiger charge is -2.39. The van der Waals surface area contributed by atoms with Gasteiger partial charge in [-0.1, -0.05) is 37.6 Å². The summed E-state index contributed by atoms with van der Waals surface area (Å²) in [5.41, 5.74) is 0.425. The Kier molecular flexibility index (Phi) is 4.39. The zero-order valence-electron chi connectivity index (χ0n) is 11.5. The van der Waals surface area contributed by atoms with E-state index >= 15 is 0 Å². The summed E-state index contributed by atoms with van der Waals surface area (Å²) in [6, 6.07) is 6.80. The molecule has 1 heterocycles. The molecule has 1 aromatic carbocycles. The number of carbonyl (C=O) groups excluding carboxylic acids is 1. The normalized spacial score (nSPS) is 16.3. The van der Waals surface area contributed by atoms with Gasteiger partial charge in [0.15, 0.2) is 9.84 Å². The molecule has 1 amide bonds. The molecule has 0 aromatic heterocycles. The van der Waals surface area contributed by atoms with Gasteiger partial charge in [-0.15, -0.1) is 0 Å². The van der Waals surface area contributed by atoms with Crippen molar-refractivity contribution >= 4 is 27.3 Å². The molecule has 110 valence electrons. The minimum atomic E-state index is -3.11. The van der Waals surface area contributed by atoms with E-state index in [1.807, 2.05) is 13.8 Å². The highest BCUT2D eigenvalue weighted by Gasteiger charge is 2.40. The Morgan fingerprint density at radius 3 is 2.50 bits per heavy atom. The Labute approximate surface area is 124 Å². The predicted octanol–water partition coefficient (Wildman–Crippen LogP) is 2.24. The lowest BCUT2D eigenvalue weighted by Crippen LogP contribution is -2.57. The first-order chi connectivity index (χ1) is 9.31. The van der Waals surface area contributed by atoms with Gasteiger partial charge in [-0.3, -0.25) is 4.79 Å². The van der Waals surface area contributed by atoms with Crippen molar-refractivity contribution in [1.82, 2.24) is 4.90 Å². The highest BCUT2D eigenvalue weighted by Crippen LogP contribution is 2.24. The van der Waals surface area contributed by atoms with Gasteiger partial charge < -0.3 is 4.90 Å². The molecule has 1 saturated heterocycles. The van der Waals surface area contributed by atoms with Crippen LogP contribution in [0.4, 0.5) is 0 Å². The van der Waals surface area contributed by atoms with Crippen LogP contribution in [0.25, 0.3) is 0 Å². The van der Waals surface area contributed by atoms with E-state index in [1.54, 1.807) is 24.3 Å². The monoisotopic (exact) mass is 315 g/mol. The zero-order chi connectivity index (χ0) is 14.9. The van der Waals surface area contributed by atoms with Crippen molar-refractivity contribution in [3.05, 3.63) is 34.9 Å².